The fourth-order valence-electron chi connectivity index (χ4n) is 2.95. The second-order valence-corrected chi connectivity index (χ2v) is 7.00. The van der Waals surface area contributed by atoms with Crippen LogP contribution in [0.2, 0.25) is 0 Å². The van der Waals surface area contributed by atoms with Crippen LogP contribution in [-0.2, 0) is 4.79 Å². The molecule has 0 saturated heterocycles. The highest BCUT2D eigenvalue weighted by Crippen LogP contribution is 2.32. The average molecular weight is 433 g/mol. The fourth-order valence-corrected chi connectivity index (χ4v) is 2.95. The van der Waals surface area contributed by atoms with Gasteiger partial charge >= 0.3 is 0 Å². The molecule has 0 aliphatic rings. The van der Waals surface area contributed by atoms with Crippen LogP contribution in [0.5, 0.6) is 11.5 Å². The van der Waals surface area contributed by atoms with Crippen LogP contribution in [-0.4, -0.2) is 29.8 Å². The Morgan fingerprint density at radius 3 is 2.44 bits per heavy atom. The molecule has 0 bridgehead atoms. The first-order valence-corrected chi connectivity index (χ1v) is 9.79. The summed E-state index contributed by atoms with van der Waals surface area (Å²) in [6, 6.07) is 18.4. The molecule has 0 aliphatic heterocycles. The number of aromatic nitrogens is 2. The molecule has 1 amide bonds. The van der Waals surface area contributed by atoms with Crippen molar-refractivity contribution in [2.24, 2.45) is 0 Å². The van der Waals surface area contributed by atoms with Crippen LogP contribution >= 0.6 is 0 Å². The first kappa shape index (κ1) is 21.0. The van der Waals surface area contributed by atoms with Crippen LogP contribution in [0.1, 0.15) is 5.56 Å². The molecule has 3 aromatic carbocycles. The van der Waals surface area contributed by atoms with Crippen molar-refractivity contribution in [1.29, 1.82) is 0 Å². The summed E-state index contributed by atoms with van der Waals surface area (Å²) in [4.78, 5) is 16.6. The zero-order chi connectivity index (χ0) is 22.5. The van der Waals surface area contributed by atoms with Crippen molar-refractivity contribution in [3.05, 3.63) is 78.1 Å². The molecular weight excluding hydrogens is 413 g/mol. The standard InChI is InChI=1S/C24H20FN3O4/c1-15-3-5-16(6-4-15)24-27-23(28-32-24)17-7-12-20(21(13-17)30-2)31-14-22(29)26-19-10-8-18(25)9-11-19/h3-13H,14H2,1-2H3,(H,26,29). The van der Waals surface area contributed by atoms with E-state index in [1.54, 1.807) is 18.2 Å². The largest absolute Gasteiger partial charge is 0.493 e. The number of aryl methyl sites for hydroxylation is 1. The summed E-state index contributed by atoms with van der Waals surface area (Å²) in [5, 5.41) is 6.68. The minimum Gasteiger partial charge on any atom is -0.493 e. The number of hydrogen-bond donors (Lipinski definition) is 1. The number of rotatable bonds is 7. The summed E-state index contributed by atoms with van der Waals surface area (Å²) < 4.78 is 29.3. The third-order valence-electron chi connectivity index (χ3n) is 4.63. The summed E-state index contributed by atoms with van der Waals surface area (Å²) in [6.07, 6.45) is 0. The number of amides is 1. The van der Waals surface area contributed by atoms with E-state index >= 15 is 0 Å². The van der Waals surface area contributed by atoms with Crippen LogP contribution in [0, 0.1) is 12.7 Å². The van der Waals surface area contributed by atoms with E-state index in [4.69, 9.17) is 14.0 Å². The Morgan fingerprint density at radius 2 is 1.72 bits per heavy atom. The van der Waals surface area contributed by atoms with Gasteiger partial charge in [0.15, 0.2) is 18.1 Å². The topological polar surface area (TPSA) is 86.5 Å². The predicted molar refractivity (Wildman–Crippen MR) is 117 cm³/mol. The molecule has 32 heavy (non-hydrogen) atoms. The molecule has 0 saturated carbocycles. The number of benzene rings is 3. The van der Waals surface area contributed by atoms with E-state index in [1.807, 2.05) is 31.2 Å². The number of nitrogens with zero attached hydrogens (tertiary/aromatic N) is 2. The highest BCUT2D eigenvalue weighted by atomic mass is 19.1. The third kappa shape index (κ3) is 4.92. The highest BCUT2D eigenvalue weighted by molar-refractivity contribution is 5.91. The first-order chi connectivity index (χ1) is 15.5. The van der Waals surface area contributed by atoms with E-state index in [-0.39, 0.29) is 18.3 Å². The maximum absolute atomic E-state index is 13.0. The molecule has 0 spiro atoms. The predicted octanol–water partition coefficient (Wildman–Crippen LogP) is 4.88. The van der Waals surface area contributed by atoms with Crippen molar-refractivity contribution in [1.82, 2.24) is 10.1 Å². The summed E-state index contributed by atoms with van der Waals surface area (Å²) in [5.41, 5.74) is 3.12. The minimum atomic E-state index is -0.386. The number of hydrogen-bond acceptors (Lipinski definition) is 6. The smallest absolute Gasteiger partial charge is 0.262 e. The molecule has 1 N–H and O–H groups in total. The maximum Gasteiger partial charge on any atom is 0.262 e. The van der Waals surface area contributed by atoms with E-state index in [2.05, 4.69) is 15.5 Å². The van der Waals surface area contributed by atoms with E-state index in [9.17, 15) is 9.18 Å². The van der Waals surface area contributed by atoms with Gasteiger partial charge in [0.25, 0.3) is 11.8 Å². The molecule has 4 aromatic rings. The number of nitrogens with one attached hydrogen (secondary N) is 1. The van der Waals surface area contributed by atoms with E-state index in [0.29, 0.717) is 34.5 Å². The Kier molecular flexibility index (Phi) is 6.12. The monoisotopic (exact) mass is 433 g/mol. The molecule has 0 aliphatic carbocycles. The summed E-state index contributed by atoms with van der Waals surface area (Å²) in [5.74, 6) is 0.850. The third-order valence-corrected chi connectivity index (χ3v) is 4.63. The van der Waals surface area contributed by atoms with Crippen molar-refractivity contribution in [3.63, 3.8) is 0 Å². The Bertz CT molecular complexity index is 1220. The molecule has 8 heteroatoms. The number of methoxy groups -OCH3 is 1. The Labute approximate surface area is 183 Å². The summed E-state index contributed by atoms with van der Waals surface area (Å²) in [6.45, 7) is 1.76. The van der Waals surface area contributed by atoms with Gasteiger partial charge in [-0.3, -0.25) is 4.79 Å². The molecule has 0 unspecified atom stereocenters. The Morgan fingerprint density at radius 1 is 1.00 bits per heavy atom. The Hall–Kier alpha value is -4.20. The number of halogens is 1. The van der Waals surface area contributed by atoms with Crippen LogP contribution in [0.15, 0.2) is 71.3 Å². The zero-order valence-electron chi connectivity index (χ0n) is 17.5. The van der Waals surface area contributed by atoms with Crippen molar-refractivity contribution < 1.29 is 23.2 Å². The van der Waals surface area contributed by atoms with Gasteiger partial charge in [0.2, 0.25) is 5.82 Å². The SMILES string of the molecule is COc1cc(-c2noc(-c3ccc(C)cc3)n2)ccc1OCC(=O)Nc1ccc(F)cc1. The molecular formula is C24H20FN3O4. The van der Waals surface area contributed by atoms with Gasteiger partial charge in [0.1, 0.15) is 5.82 Å². The molecule has 162 valence electrons. The molecule has 0 fully saturated rings. The zero-order valence-corrected chi connectivity index (χ0v) is 17.5. The molecule has 7 nitrogen and oxygen atoms in total. The summed E-state index contributed by atoms with van der Waals surface area (Å²) in [7, 11) is 1.50. The highest BCUT2D eigenvalue weighted by Gasteiger charge is 2.14. The lowest BCUT2D eigenvalue weighted by Crippen LogP contribution is -2.20. The van der Waals surface area contributed by atoms with Gasteiger partial charge in [0, 0.05) is 16.8 Å². The minimum absolute atomic E-state index is 0.243. The van der Waals surface area contributed by atoms with Gasteiger partial charge in [-0.1, -0.05) is 22.9 Å². The molecule has 4 rings (SSSR count). The lowest BCUT2D eigenvalue weighted by Gasteiger charge is -2.11. The van der Waals surface area contributed by atoms with Crippen molar-refractivity contribution in [3.8, 4) is 34.3 Å². The maximum atomic E-state index is 13.0. The molecule has 0 atom stereocenters. The lowest BCUT2D eigenvalue weighted by molar-refractivity contribution is -0.118. The fraction of sp³-hybridized carbons (Fsp3) is 0.125. The van der Waals surface area contributed by atoms with Gasteiger partial charge in [-0.25, -0.2) is 4.39 Å². The number of anilines is 1. The molecule has 0 radical (unpaired) electrons. The average Bonchev–Trinajstić information content (AvgIpc) is 3.30. The molecule has 1 heterocycles. The van der Waals surface area contributed by atoms with Gasteiger partial charge < -0.3 is 19.3 Å². The summed E-state index contributed by atoms with van der Waals surface area (Å²) >= 11 is 0. The van der Waals surface area contributed by atoms with E-state index < -0.39 is 0 Å². The van der Waals surface area contributed by atoms with E-state index in [0.717, 1.165) is 11.1 Å². The van der Waals surface area contributed by atoms with Gasteiger partial charge in [-0.2, -0.15) is 4.98 Å². The van der Waals surface area contributed by atoms with Crippen LogP contribution < -0.4 is 14.8 Å². The van der Waals surface area contributed by atoms with Crippen LogP contribution in [0.3, 0.4) is 0 Å². The van der Waals surface area contributed by atoms with Gasteiger partial charge in [0.05, 0.1) is 7.11 Å². The van der Waals surface area contributed by atoms with Gasteiger partial charge in [-0.05, 0) is 61.5 Å². The van der Waals surface area contributed by atoms with E-state index in [1.165, 1.54) is 31.4 Å². The number of carbonyl (C=O) groups is 1. The number of ether oxygens (including phenoxy) is 2. The second-order valence-electron chi connectivity index (χ2n) is 7.00. The van der Waals surface area contributed by atoms with Crippen LogP contribution in [0.25, 0.3) is 22.8 Å². The van der Waals surface area contributed by atoms with Crippen molar-refractivity contribution in [2.75, 3.05) is 19.0 Å². The van der Waals surface area contributed by atoms with Crippen molar-refractivity contribution in [2.45, 2.75) is 6.92 Å². The lowest BCUT2D eigenvalue weighted by atomic mass is 10.1. The first-order valence-electron chi connectivity index (χ1n) is 9.79. The van der Waals surface area contributed by atoms with Gasteiger partial charge in [-0.15, -0.1) is 0 Å². The number of carbonyl (C=O) groups excluding carboxylic acids is 1. The van der Waals surface area contributed by atoms with Crippen LogP contribution in [0.4, 0.5) is 10.1 Å². The molecule has 1 aromatic heterocycles. The Balaban J connectivity index is 1.44. The normalized spacial score (nSPS) is 10.6. The van der Waals surface area contributed by atoms with Crippen molar-refractivity contribution >= 4 is 11.6 Å². The quantitative estimate of drug-likeness (QED) is 0.447. The second kappa shape index (κ2) is 9.30.